The number of unbranched alkanes of at least 4 members (excludes halogenated alkanes) is 44. The molecule has 0 amide bonds. The minimum absolute atomic E-state index is 0.0765. The summed E-state index contributed by atoms with van der Waals surface area (Å²) in [5.41, 5.74) is 0. The summed E-state index contributed by atoms with van der Waals surface area (Å²) in [6, 6.07) is 0. The van der Waals surface area contributed by atoms with E-state index in [1.165, 1.54) is 244 Å². The smallest absolute Gasteiger partial charge is 0.306 e. The van der Waals surface area contributed by atoms with Gasteiger partial charge in [-0.15, -0.1) is 0 Å². The Morgan fingerprint density at radius 3 is 0.699 bits per heavy atom. The van der Waals surface area contributed by atoms with Gasteiger partial charge in [0.05, 0.1) is 0 Å². The van der Waals surface area contributed by atoms with Crippen LogP contribution < -0.4 is 0 Å². The first-order chi connectivity index (χ1) is 41.0. The Hall–Kier alpha value is -3.15. The average Bonchev–Trinajstić information content (AvgIpc) is 3.50. The minimum atomic E-state index is -0.783. The molecule has 0 bridgehead atoms. The van der Waals surface area contributed by atoms with Crippen molar-refractivity contribution in [3.63, 3.8) is 0 Å². The van der Waals surface area contributed by atoms with Crippen LogP contribution in [0.4, 0.5) is 0 Å². The van der Waals surface area contributed by atoms with Crippen LogP contribution in [0.5, 0.6) is 0 Å². The van der Waals surface area contributed by atoms with Crippen LogP contribution in [0.25, 0.3) is 0 Å². The molecule has 482 valence electrons. The summed E-state index contributed by atoms with van der Waals surface area (Å²) in [7, 11) is 0. The van der Waals surface area contributed by atoms with E-state index in [1.54, 1.807) is 0 Å². The number of carbonyl (C=O) groups excluding carboxylic acids is 3. The van der Waals surface area contributed by atoms with Gasteiger partial charge in [-0.3, -0.25) is 14.4 Å². The van der Waals surface area contributed by atoms with Crippen molar-refractivity contribution in [3.8, 4) is 0 Å². The van der Waals surface area contributed by atoms with Crippen molar-refractivity contribution in [2.45, 2.75) is 386 Å². The molecule has 0 aliphatic rings. The van der Waals surface area contributed by atoms with E-state index in [0.29, 0.717) is 19.3 Å². The Labute approximate surface area is 516 Å². The molecule has 1 atom stereocenters. The number of rotatable bonds is 67. The predicted molar refractivity (Wildman–Crippen MR) is 362 cm³/mol. The van der Waals surface area contributed by atoms with Crippen molar-refractivity contribution >= 4 is 17.9 Å². The molecule has 0 heterocycles. The van der Waals surface area contributed by atoms with Gasteiger partial charge in [-0.2, -0.15) is 0 Å². The molecule has 0 fully saturated rings. The van der Waals surface area contributed by atoms with Crippen molar-refractivity contribution in [2.75, 3.05) is 13.2 Å². The third-order valence-corrected chi connectivity index (χ3v) is 16.2. The van der Waals surface area contributed by atoms with E-state index in [-0.39, 0.29) is 31.1 Å². The Balaban J connectivity index is 4.29. The van der Waals surface area contributed by atoms with E-state index in [9.17, 15) is 14.4 Å². The summed E-state index contributed by atoms with van der Waals surface area (Å²) in [5.74, 6) is -0.866. The number of hydrogen-bond acceptors (Lipinski definition) is 6. The third kappa shape index (κ3) is 69.5. The van der Waals surface area contributed by atoms with E-state index in [4.69, 9.17) is 14.2 Å². The monoisotopic (exact) mass is 1160 g/mol. The molecule has 0 aromatic rings. The van der Waals surface area contributed by atoms with E-state index >= 15 is 0 Å². The first-order valence-corrected chi connectivity index (χ1v) is 36.4. The summed E-state index contributed by atoms with van der Waals surface area (Å²) in [6.45, 7) is 6.65. The summed E-state index contributed by atoms with van der Waals surface area (Å²) in [6.07, 6.45) is 93.5. The van der Waals surface area contributed by atoms with Gasteiger partial charge in [-0.25, -0.2) is 0 Å². The lowest BCUT2D eigenvalue weighted by atomic mass is 10.0. The summed E-state index contributed by atoms with van der Waals surface area (Å²) < 4.78 is 17.0. The Kier molecular flexibility index (Phi) is 68.6. The van der Waals surface area contributed by atoms with Gasteiger partial charge in [0.1, 0.15) is 13.2 Å². The molecule has 6 heteroatoms. The second-order valence-corrected chi connectivity index (χ2v) is 24.5. The zero-order chi connectivity index (χ0) is 59.9. The van der Waals surface area contributed by atoms with Crippen molar-refractivity contribution < 1.29 is 28.6 Å². The second kappa shape index (κ2) is 71.3. The van der Waals surface area contributed by atoms with Crippen molar-refractivity contribution in [3.05, 3.63) is 72.9 Å². The highest BCUT2D eigenvalue weighted by Gasteiger charge is 2.19. The van der Waals surface area contributed by atoms with E-state index < -0.39 is 6.10 Å². The first kappa shape index (κ1) is 79.8. The molecule has 0 aliphatic carbocycles. The lowest BCUT2D eigenvalue weighted by Gasteiger charge is -2.18. The van der Waals surface area contributed by atoms with Crippen molar-refractivity contribution in [2.24, 2.45) is 0 Å². The molecular weight excluding hydrogens is 1020 g/mol. The zero-order valence-corrected chi connectivity index (χ0v) is 55.5. The van der Waals surface area contributed by atoms with Gasteiger partial charge in [0.15, 0.2) is 6.10 Å². The molecule has 1 unspecified atom stereocenters. The fraction of sp³-hybridized carbons (Fsp3) is 0.805. The minimum Gasteiger partial charge on any atom is -0.462 e. The molecule has 0 saturated heterocycles. The van der Waals surface area contributed by atoms with Gasteiger partial charge in [0, 0.05) is 19.3 Å². The summed E-state index contributed by atoms with van der Waals surface area (Å²) in [4.78, 5) is 38.5. The van der Waals surface area contributed by atoms with Crippen LogP contribution in [-0.4, -0.2) is 37.2 Å². The molecule has 0 aromatic carbocycles. The Bertz CT molecular complexity index is 1520. The number of allylic oxidation sites excluding steroid dienone is 12. The molecule has 0 rings (SSSR count). The zero-order valence-electron chi connectivity index (χ0n) is 55.5. The highest BCUT2D eigenvalue weighted by Crippen LogP contribution is 2.18. The number of hydrogen-bond donors (Lipinski definition) is 0. The summed E-state index contributed by atoms with van der Waals surface area (Å²) in [5, 5.41) is 0. The number of ether oxygens (including phenoxy) is 3. The lowest BCUT2D eigenvalue weighted by molar-refractivity contribution is -0.167. The highest BCUT2D eigenvalue weighted by atomic mass is 16.6. The third-order valence-electron chi connectivity index (χ3n) is 16.2. The molecule has 0 radical (unpaired) electrons. The predicted octanol–water partition coefficient (Wildman–Crippen LogP) is 25.2. The first-order valence-electron chi connectivity index (χ1n) is 36.4. The number of carbonyl (C=O) groups is 3. The second-order valence-electron chi connectivity index (χ2n) is 24.5. The fourth-order valence-corrected chi connectivity index (χ4v) is 10.7. The standard InChI is InChI=1S/C77H138O6/c1-4-7-10-13-16-19-22-25-28-31-33-34-35-36-37-38-39-40-41-42-44-46-49-52-55-58-61-64-67-70-76(79)82-73-74(72-81-75(78)69-66-63-60-57-54-51-48-45-30-27-24-21-18-15-12-9-6-3)83-77(80)71-68-65-62-59-56-53-50-47-43-32-29-26-23-20-17-14-11-8-5-2/h17,20,22,25-26,29,31,33,35-36,43,47,74H,4-16,18-19,21,23-24,27-28,30,32,34,37-42,44-46,48-73H2,1-3H3/b20-17-,25-22-,29-26-,33-31-,36-35-,47-43-. The van der Waals surface area contributed by atoms with Crippen LogP contribution in [0.3, 0.4) is 0 Å². The quantitative estimate of drug-likeness (QED) is 0.0261. The van der Waals surface area contributed by atoms with E-state index in [0.717, 1.165) is 96.3 Å². The molecule has 0 saturated carbocycles. The topological polar surface area (TPSA) is 78.9 Å². The summed E-state index contributed by atoms with van der Waals surface area (Å²) >= 11 is 0. The molecule has 6 nitrogen and oxygen atoms in total. The molecule has 0 aromatic heterocycles. The van der Waals surface area contributed by atoms with Gasteiger partial charge >= 0.3 is 17.9 Å². The normalized spacial score (nSPS) is 12.5. The molecule has 0 spiro atoms. The molecule has 0 aliphatic heterocycles. The van der Waals surface area contributed by atoms with Crippen LogP contribution in [0.1, 0.15) is 380 Å². The molecular formula is C77H138O6. The van der Waals surface area contributed by atoms with Gasteiger partial charge < -0.3 is 14.2 Å². The Morgan fingerprint density at radius 1 is 0.241 bits per heavy atom. The van der Waals surface area contributed by atoms with Crippen LogP contribution in [0.2, 0.25) is 0 Å². The number of esters is 3. The lowest BCUT2D eigenvalue weighted by Crippen LogP contribution is -2.30. The maximum Gasteiger partial charge on any atom is 0.306 e. The van der Waals surface area contributed by atoms with Crippen molar-refractivity contribution in [1.82, 2.24) is 0 Å². The van der Waals surface area contributed by atoms with E-state index in [1.807, 2.05) is 0 Å². The van der Waals surface area contributed by atoms with Gasteiger partial charge in [0.25, 0.3) is 0 Å². The van der Waals surface area contributed by atoms with E-state index in [2.05, 4.69) is 93.7 Å². The maximum absolute atomic E-state index is 13.0. The van der Waals surface area contributed by atoms with Gasteiger partial charge in [-0.05, 0) is 96.3 Å². The van der Waals surface area contributed by atoms with Crippen LogP contribution in [0.15, 0.2) is 72.9 Å². The molecule has 83 heavy (non-hydrogen) atoms. The van der Waals surface area contributed by atoms with Crippen LogP contribution in [-0.2, 0) is 28.6 Å². The fourth-order valence-electron chi connectivity index (χ4n) is 10.7. The SMILES string of the molecule is CCCCC/C=C\C/C=C\C/C=C\CCCCCCCCC(=O)OC(COC(=O)CCCCCCCCCCCCCCCC/C=C\C/C=C\C/C=C\CCCCCCC)COC(=O)CCCCCCCCCCCCCCCCCCC. The molecule has 0 N–H and O–H groups in total. The van der Waals surface area contributed by atoms with Crippen molar-refractivity contribution in [1.29, 1.82) is 0 Å². The average molecular weight is 1160 g/mol. The van der Waals surface area contributed by atoms with Crippen LogP contribution >= 0.6 is 0 Å². The van der Waals surface area contributed by atoms with Gasteiger partial charge in [-0.1, -0.05) is 338 Å². The maximum atomic E-state index is 13.0. The van der Waals surface area contributed by atoms with Crippen LogP contribution in [0, 0.1) is 0 Å². The van der Waals surface area contributed by atoms with Gasteiger partial charge in [0.2, 0.25) is 0 Å². The Morgan fingerprint density at radius 2 is 0.434 bits per heavy atom. The largest absolute Gasteiger partial charge is 0.462 e. The highest BCUT2D eigenvalue weighted by molar-refractivity contribution is 5.71.